The Morgan fingerprint density at radius 3 is 2.43 bits per heavy atom. The van der Waals surface area contributed by atoms with Gasteiger partial charge in [0.1, 0.15) is 0 Å². The maximum Gasteiger partial charge on any atom is 0.230 e. The fraction of sp³-hybridized carbons (Fsp3) is 0.417. The number of amides is 2. The van der Waals surface area contributed by atoms with Gasteiger partial charge in [-0.25, -0.2) is 0 Å². The van der Waals surface area contributed by atoms with Crippen molar-refractivity contribution < 1.29 is 9.59 Å². The monoisotopic (exact) mass is 378 g/mol. The second-order valence-electron chi connectivity index (χ2n) is 8.00. The molecule has 0 N–H and O–H groups in total. The molecular weight excluding hydrogens is 348 g/mol. The van der Waals surface area contributed by atoms with E-state index in [0.717, 1.165) is 30.5 Å². The number of carbonyl (C=O) groups is 2. The van der Waals surface area contributed by atoms with Gasteiger partial charge in [-0.3, -0.25) is 9.59 Å². The van der Waals surface area contributed by atoms with Crippen LogP contribution in [0.15, 0.2) is 54.6 Å². The third kappa shape index (κ3) is 4.27. The minimum atomic E-state index is -0.554. The molecule has 1 fully saturated rings. The van der Waals surface area contributed by atoms with Gasteiger partial charge in [-0.1, -0.05) is 61.5 Å². The quantitative estimate of drug-likeness (QED) is 0.789. The molecule has 0 unspecified atom stereocenters. The first-order chi connectivity index (χ1) is 13.4. The van der Waals surface area contributed by atoms with Crippen molar-refractivity contribution in [2.24, 2.45) is 5.41 Å². The van der Waals surface area contributed by atoms with Gasteiger partial charge in [0, 0.05) is 33.6 Å². The van der Waals surface area contributed by atoms with Crippen molar-refractivity contribution in [1.82, 2.24) is 9.80 Å². The lowest BCUT2D eigenvalue weighted by atomic mass is 9.73. The number of nitrogens with zero attached hydrogens (tertiary/aromatic N) is 2. The normalized spacial score (nSPS) is 19.3. The molecule has 28 heavy (non-hydrogen) atoms. The highest BCUT2D eigenvalue weighted by atomic mass is 16.2. The first kappa shape index (κ1) is 20.1. The molecule has 0 bridgehead atoms. The minimum Gasteiger partial charge on any atom is -0.348 e. The van der Waals surface area contributed by atoms with Crippen LogP contribution in [0.3, 0.4) is 0 Å². The molecule has 2 aromatic rings. The molecular formula is C24H30N2O2. The summed E-state index contributed by atoms with van der Waals surface area (Å²) in [6.07, 6.45) is 2.81. The molecule has 4 heteroatoms. The molecule has 0 aliphatic carbocycles. The van der Waals surface area contributed by atoms with Crippen molar-refractivity contribution >= 4 is 11.8 Å². The Bertz CT molecular complexity index is 832. The summed E-state index contributed by atoms with van der Waals surface area (Å²) < 4.78 is 0. The van der Waals surface area contributed by atoms with Crippen molar-refractivity contribution in [3.8, 4) is 11.1 Å². The number of likely N-dealkylation sites (tertiary alicyclic amines) is 1. The first-order valence-electron chi connectivity index (χ1n) is 10.1. The van der Waals surface area contributed by atoms with Crippen LogP contribution >= 0.6 is 0 Å². The Hall–Kier alpha value is -2.62. The maximum atomic E-state index is 13.2. The number of hydrogen-bond acceptors (Lipinski definition) is 2. The molecule has 1 aliphatic heterocycles. The topological polar surface area (TPSA) is 40.6 Å². The van der Waals surface area contributed by atoms with E-state index in [2.05, 4.69) is 36.4 Å². The summed E-state index contributed by atoms with van der Waals surface area (Å²) in [6, 6.07) is 18.7. The average molecular weight is 379 g/mol. The fourth-order valence-corrected chi connectivity index (χ4v) is 4.32. The third-order valence-electron chi connectivity index (χ3n) is 5.67. The molecule has 2 amide bonds. The number of piperidine rings is 1. The van der Waals surface area contributed by atoms with E-state index in [-0.39, 0.29) is 11.8 Å². The van der Waals surface area contributed by atoms with Crippen molar-refractivity contribution in [2.45, 2.75) is 32.6 Å². The van der Waals surface area contributed by atoms with Gasteiger partial charge < -0.3 is 9.80 Å². The largest absolute Gasteiger partial charge is 0.348 e. The van der Waals surface area contributed by atoms with E-state index in [1.54, 1.807) is 4.90 Å². The lowest BCUT2D eigenvalue weighted by Gasteiger charge is -2.43. The highest BCUT2D eigenvalue weighted by molar-refractivity contribution is 5.84. The number of carbonyl (C=O) groups excluding carboxylic acids is 2. The Labute approximate surface area is 168 Å². The molecule has 148 valence electrons. The van der Waals surface area contributed by atoms with Gasteiger partial charge in [0.25, 0.3) is 0 Å². The zero-order valence-electron chi connectivity index (χ0n) is 17.1. The third-order valence-corrected chi connectivity index (χ3v) is 5.67. The fourth-order valence-electron chi connectivity index (χ4n) is 4.32. The Balaban J connectivity index is 1.92. The smallest absolute Gasteiger partial charge is 0.230 e. The molecule has 1 atom stereocenters. The summed E-state index contributed by atoms with van der Waals surface area (Å²) in [5.74, 6) is 0.250. The molecule has 1 aliphatic rings. The molecule has 1 heterocycles. The zero-order chi connectivity index (χ0) is 20.1. The second kappa shape index (κ2) is 8.59. The summed E-state index contributed by atoms with van der Waals surface area (Å²) in [5, 5.41) is 0. The van der Waals surface area contributed by atoms with E-state index >= 15 is 0 Å². The molecule has 1 saturated heterocycles. The first-order valence-corrected chi connectivity index (χ1v) is 10.1. The highest BCUT2D eigenvalue weighted by Crippen LogP contribution is 2.36. The summed E-state index contributed by atoms with van der Waals surface area (Å²) >= 11 is 0. The predicted octanol–water partition coefficient (Wildman–Crippen LogP) is 4.00. The lowest BCUT2D eigenvalue weighted by Crippen LogP contribution is -2.54. The molecule has 4 nitrogen and oxygen atoms in total. The van der Waals surface area contributed by atoms with Crippen LogP contribution in [0.25, 0.3) is 11.1 Å². The Morgan fingerprint density at radius 2 is 1.75 bits per heavy atom. The van der Waals surface area contributed by atoms with Crippen molar-refractivity contribution in [2.75, 3.05) is 27.2 Å². The molecule has 0 radical (unpaired) electrons. The van der Waals surface area contributed by atoms with E-state index in [9.17, 15) is 9.59 Å². The van der Waals surface area contributed by atoms with Crippen LogP contribution in [-0.2, 0) is 16.0 Å². The van der Waals surface area contributed by atoms with Gasteiger partial charge in [0.2, 0.25) is 11.8 Å². The van der Waals surface area contributed by atoms with Crippen LogP contribution in [0.2, 0.25) is 0 Å². The van der Waals surface area contributed by atoms with Gasteiger partial charge in [0.05, 0.1) is 5.41 Å². The second-order valence-corrected chi connectivity index (χ2v) is 8.00. The van der Waals surface area contributed by atoms with Crippen LogP contribution in [-0.4, -0.2) is 48.8 Å². The standard InChI is InChI=1S/C24H30N2O2/c1-4-22(27)26-15-9-14-24(18-26,23(28)25(2)3)17-19-10-8-13-21(16-19)20-11-6-5-7-12-20/h5-8,10-13,16H,4,9,14-15,17-18H2,1-3H3/t24-/m1/s1. The van der Waals surface area contributed by atoms with Crippen molar-refractivity contribution in [3.05, 3.63) is 60.2 Å². The summed E-state index contributed by atoms with van der Waals surface area (Å²) in [7, 11) is 3.62. The van der Waals surface area contributed by atoms with Crippen LogP contribution in [0.5, 0.6) is 0 Å². The number of rotatable bonds is 5. The van der Waals surface area contributed by atoms with Gasteiger partial charge in [-0.05, 0) is 36.0 Å². The summed E-state index contributed by atoms with van der Waals surface area (Å²) in [4.78, 5) is 29.1. The SMILES string of the molecule is CCC(=O)N1CCC[C@](Cc2cccc(-c3ccccc3)c2)(C(=O)N(C)C)C1. The van der Waals surface area contributed by atoms with Crippen molar-refractivity contribution in [3.63, 3.8) is 0 Å². The van der Waals surface area contributed by atoms with Gasteiger partial charge in [-0.15, -0.1) is 0 Å². The molecule has 0 saturated carbocycles. The van der Waals surface area contributed by atoms with Crippen LogP contribution in [0, 0.1) is 5.41 Å². The molecule has 0 aromatic heterocycles. The average Bonchev–Trinajstić information content (AvgIpc) is 2.73. The lowest BCUT2D eigenvalue weighted by molar-refractivity contribution is -0.147. The molecule has 2 aromatic carbocycles. The van der Waals surface area contributed by atoms with E-state index < -0.39 is 5.41 Å². The van der Waals surface area contributed by atoms with Crippen LogP contribution < -0.4 is 0 Å². The Morgan fingerprint density at radius 1 is 1.04 bits per heavy atom. The Kier molecular flexibility index (Phi) is 6.18. The van der Waals surface area contributed by atoms with E-state index in [1.165, 1.54) is 5.56 Å². The van der Waals surface area contributed by atoms with E-state index in [0.29, 0.717) is 19.4 Å². The van der Waals surface area contributed by atoms with Crippen LogP contribution in [0.4, 0.5) is 0 Å². The predicted molar refractivity (Wildman–Crippen MR) is 113 cm³/mol. The summed E-state index contributed by atoms with van der Waals surface area (Å²) in [6.45, 7) is 3.14. The summed E-state index contributed by atoms with van der Waals surface area (Å²) in [5.41, 5.74) is 2.91. The molecule has 0 spiro atoms. The van der Waals surface area contributed by atoms with Gasteiger partial charge >= 0.3 is 0 Å². The van der Waals surface area contributed by atoms with E-state index in [1.807, 2.05) is 44.1 Å². The van der Waals surface area contributed by atoms with Crippen molar-refractivity contribution in [1.29, 1.82) is 0 Å². The molecule has 3 rings (SSSR count). The minimum absolute atomic E-state index is 0.117. The van der Waals surface area contributed by atoms with Gasteiger partial charge in [0.15, 0.2) is 0 Å². The number of benzene rings is 2. The highest BCUT2D eigenvalue weighted by Gasteiger charge is 2.44. The van der Waals surface area contributed by atoms with Crippen LogP contribution in [0.1, 0.15) is 31.7 Å². The van der Waals surface area contributed by atoms with E-state index in [4.69, 9.17) is 0 Å². The van der Waals surface area contributed by atoms with Gasteiger partial charge in [-0.2, -0.15) is 0 Å². The number of hydrogen-bond donors (Lipinski definition) is 0. The zero-order valence-corrected chi connectivity index (χ0v) is 17.1. The maximum absolute atomic E-state index is 13.2.